The molecule has 1 atom stereocenters. The van der Waals surface area contributed by atoms with Gasteiger partial charge in [-0.05, 0) is 18.9 Å². The number of nitrogens with zero attached hydrogens (tertiary/aromatic N) is 2. The largest absolute Gasteiger partial charge is 0.354 e. The molecule has 0 aromatic carbocycles. The van der Waals surface area contributed by atoms with Gasteiger partial charge in [0, 0.05) is 18.5 Å². The number of nitrogens with one attached hydrogen (secondary N) is 1. The molecule has 0 aliphatic heterocycles. The molecule has 0 aliphatic rings. The molecule has 84 valence electrons. The monoisotopic (exact) mass is 225 g/mol. The van der Waals surface area contributed by atoms with Gasteiger partial charge in [0.1, 0.15) is 5.03 Å². The van der Waals surface area contributed by atoms with Crippen LogP contribution in [0, 0.1) is 5.92 Å². The zero-order chi connectivity index (χ0) is 11.1. The summed E-state index contributed by atoms with van der Waals surface area (Å²) in [5.41, 5.74) is 0. The molecule has 0 saturated carbocycles. The standard InChI is InChI=1S/C11H19N3S/c1-4-9(3)8-15-10-6-7-13-11(14-10)12-5-2/h6-7,9H,4-5,8H2,1-3H3,(H,12,13,14). The van der Waals surface area contributed by atoms with Crippen LogP contribution in [-0.4, -0.2) is 22.3 Å². The van der Waals surface area contributed by atoms with Gasteiger partial charge in [0.15, 0.2) is 0 Å². The minimum absolute atomic E-state index is 0.728. The van der Waals surface area contributed by atoms with E-state index < -0.39 is 0 Å². The fourth-order valence-electron chi connectivity index (χ4n) is 1.01. The molecule has 0 fully saturated rings. The Morgan fingerprint density at radius 2 is 2.27 bits per heavy atom. The van der Waals surface area contributed by atoms with Crippen molar-refractivity contribution < 1.29 is 0 Å². The smallest absolute Gasteiger partial charge is 0.223 e. The average molecular weight is 225 g/mol. The third-order valence-electron chi connectivity index (χ3n) is 2.18. The highest BCUT2D eigenvalue weighted by atomic mass is 32.2. The Labute approximate surface area is 96.1 Å². The summed E-state index contributed by atoms with van der Waals surface area (Å²) in [5, 5.41) is 4.17. The van der Waals surface area contributed by atoms with Gasteiger partial charge in [0.05, 0.1) is 0 Å². The molecule has 0 radical (unpaired) electrons. The fraction of sp³-hybridized carbons (Fsp3) is 0.636. The second-order valence-corrected chi connectivity index (χ2v) is 4.61. The molecule has 15 heavy (non-hydrogen) atoms. The highest BCUT2D eigenvalue weighted by Gasteiger charge is 2.02. The lowest BCUT2D eigenvalue weighted by Crippen LogP contribution is -2.02. The van der Waals surface area contributed by atoms with Crippen LogP contribution in [-0.2, 0) is 0 Å². The molecule has 1 N–H and O–H groups in total. The van der Waals surface area contributed by atoms with Gasteiger partial charge in [-0.15, -0.1) is 11.8 Å². The Morgan fingerprint density at radius 1 is 1.47 bits per heavy atom. The second kappa shape index (κ2) is 6.67. The molecule has 1 heterocycles. The molecule has 4 heteroatoms. The quantitative estimate of drug-likeness (QED) is 0.596. The Morgan fingerprint density at radius 3 is 2.93 bits per heavy atom. The number of hydrogen-bond donors (Lipinski definition) is 1. The maximum atomic E-state index is 4.41. The van der Waals surface area contributed by atoms with Crippen LogP contribution in [0.2, 0.25) is 0 Å². The van der Waals surface area contributed by atoms with E-state index in [0.717, 1.165) is 29.2 Å². The molecule has 0 bridgehead atoms. The Hall–Kier alpha value is -0.770. The maximum absolute atomic E-state index is 4.41. The van der Waals surface area contributed by atoms with E-state index in [0.29, 0.717) is 0 Å². The Kier molecular flexibility index (Phi) is 5.47. The minimum Gasteiger partial charge on any atom is -0.354 e. The predicted molar refractivity (Wildman–Crippen MR) is 66.4 cm³/mol. The first-order chi connectivity index (χ1) is 7.26. The van der Waals surface area contributed by atoms with E-state index in [1.165, 1.54) is 6.42 Å². The van der Waals surface area contributed by atoms with E-state index in [9.17, 15) is 0 Å². The first kappa shape index (κ1) is 12.3. The van der Waals surface area contributed by atoms with Crippen LogP contribution in [0.25, 0.3) is 0 Å². The summed E-state index contributed by atoms with van der Waals surface area (Å²) in [6.07, 6.45) is 3.03. The van der Waals surface area contributed by atoms with Crippen LogP contribution >= 0.6 is 11.8 Å². The number of thioether (sulfide) groups is 1. The van der Waals surface area contributed by atoms with Crippen LogP contribution < -0.4 is 5.32 Å². The van der Waals surface area contributed by atoms with Crippen LogP contribution in [0.4, 0.5) is 5.95 Å². The summed E-state index contributed by atoms with van der Waals surface area (Å²) in [7, 11) is 0. The molecule has 0 aliphatic carbocycles. The molecule has 3 nitrogen and oxygen atoms in total. The molecule has 1 aromatic rings. The van der Waals surface area contributed by atoms with E-state index in [-0.39, 0.29) is 0 Å². The zero-order valence-electron chi connectivity index (χ0n) is 9.66. The molecule has 1 aromatic heterocycles. The third-order valence-corrected chi connectivity index (χ3v) is 3.44. The number of rotatable bonds is 6. The van der Waals surface area contributed by atoms with Crippen LogP contribution in [0.15, 0.2) is 17.3 Å². The zero-order valence-corrected chi connectivity index (χ0v) is 10.5. The van der Waals surface area contributed by atoms with Crippen LogP contribution in [0.5, 0.6) is 0 Å². The Bertz CT molecular complexity index is 291. The van der Waals surface area contributed by atoms with E-state index in [2.05, 4.69) is 29.1 Å². The normalized spacial score (nSPS) is 12.5. The lowest BCUT2D eigenvalue weighted by molar-refractivity contribution is 0.636. The number of anilines is 1. The van der Waals surface area contributed by atoms with Gasteiger partial charge in [-0.1, -0.05) is 20.3 Å². The van der Waals surface area contributed by atoms with E-state index in [4.69, 9.17) is 0 Å². The highest BCUT2D eigenvalue weighted by molar-refractivity contribution is 7.99. The molecule has 1 rings (SSSR count). The Balaban J connectivity index is 2.50. The van der Waals surface area contributed by atoms with Crippen molar-refractivity contribution in [2.75, 3.05) is 17.6 Å². The van der Waals surface area contributed by atoms with Gasteiger partial charge in [-0.2, -0.15) is 0 Å². The predicted octanol–water partition coefficient (Wildman–Crippen LogP) is 3.05. The second-order valence-electron chi connectivity index (χ2n) is 3.57. The van der Waals surface area contributed by atoms with E-state index in [1.807, 2.05) is 19.2 Å². The van der Waals surface area contributed by atoms with Gasteiger partial charge in [-0.3, -0.25) is 0 Å². The van der Waals surface area contributed by atoms with Gasteiger partial charge >= 0.3 is 0 Å². The summed E-state index contributed by atoms with van der Waals surface area (Å²) >= 11 is 1.80. The first-order valence-corrected chi connectivity index (χ1v) is 6.44. The minimum atomic E-state index is 0.728. The lowest BCUT2D eigenvalue weighted by Gasteiger charge is -2.07. The van der Waals surface area contributed by atoms with E-state index in [1.54, 1.807) is 11.8 Å². The molecule has 1 unspecified atom stereocenters. The molecule has 0 amide bonds. The van der Waals surface area contributed by atoms with Gasteiger partial charge < -0.3 is 5.32 Å². The molecule has 0 spiro atoms. The van der Waals surface area contributed by atoms with Crippen molar-refractivity contribution in [3.05, 3.63) is 12.3 Å². The van der Waals surface area contributed by atoms with Gasteiger partial charge in [-0.25, -0.2) is 9.97 Å². The number of aromatic nitrogens is 2. The topological polar surface area (TPSA) is 37.8 Å². The van der Waals surface area contributed by atoms with Crippen molar-refractivity contribution >= 4 is 17.7 Å². The van der Waals surface area contributed by atoms with Crippen LogP contribution in [0.3, 0.4) is 0 Å². The third kappa shape index (κ3) is 4.51. The first-order valence-electron chi connectivity index (χ1n) is 5.46. The van der Waals surface area contributed by atoms with Crippen molar-refractivity contribution in [3.63, 3.8) is 0 Å². The SMILES string of the molecule is CCNc1nccc(SCC(C)CC)n1. The number of hydrogen-bond acceptors (Lipinski definition) is 4. The fourth-order valence-corrected chi connectivity index (χ4v) is 2.01. The summed E-state index contributed by atoms with van der Waals surface area (Å²) in [5.74, 6) is 2.60. The van der Waals surface area contributed by atoms with Crippen LogP contribution in [0.1, 0.15) is 27.2 Å². The molecular weight excluding hydrogens is 206 g/mol. The van der Waals surface area contributed by atoms with Gasteiger partial charge in [0.25, 0.3) is 0 Å². The lowest BCUT2D eigenvalue weighted by atomic mass is 10.2. The maximum Gasteiger partial charge on any atom is 0.223 e. The van der Waals surface area contributed by atoms with Crippen molar-refractivity contribution in [1.29, 1.82) is 0 Å². The summed E-state index contributed by atoms with van der Waals surface area (Å²) in [4.78, 5) is 8.55. The average Bonchev–Trinajstić information content (AvgIpc) is 2.27. The van der Waals surface area contributed by atoms with Gasteiger partial charge in [0.2, 0.25) is 5.95 Å². The van der Waals surface area contributed by atoms with Crippen molar-refractivity contribution in [2.24, 2.45) is 5.92 Å². The van der Waals surface area contributed by atoms with Crippen molar-refractivity contribution in [3.8, 4) is 0 Å². The van der Waals surface area contributed by atoms with E-state index >= 15 is 0 Å². The summed E-state index contributed by atoms with van der Waals surface area (Å²) in [6, 6.07) is 1.97. The highest BCUT2D eigenvalue weighted by Crippen LogP contribution is 2.20. The van der Waals surface area contributed by atoms with Crippen molar-refractivity contribution in [2.45, 2.75) is 32.2 Å². The summed E-state index contributed by atoms with van der Waals surface area (Å²) < 4.78 is 0. The van der Waals surface area contributed by atoms with Crippen molar-refractivity contribution in [1.82, 2.24) is 9.97 Å². The molecule has 0 saturated heterocycles. The summed E-state index contributed by atoms with van der Waals surface area (Å²) in [6.45, 7) is 7.39. The molecular formula is C11H19N3S.